The molecule has 1 aliphatic rings. The number of anilines is 1. The Bertz CT molecular complexity index is 546. The minimum atomic E-state index is -0.267. The SMILES string of the molecule is NC(=O)C1CCC(NC(=O)c2cc(N)c(Cl)c(Cl)c2)CC1. The third kappa shape index (κ3) is 3.80. The normalized spacial score (nSPS) is 21.8. The molecule has 2 rings (SSSR count). The second-order valence-corrected chi connectivity index (χ2v) is 6.07. The lowest BCUT2D eigenvalue weighted by Gasteiger charge is -2.27. The fourth-order valence-electron chi connectivity index (χ4n) is 2.53. The molecule has 0 spiro atoms. The number of nitrogens with two attached hydrogens (primary N) is 2. The summed E-state index contributed by atoms with van der Waals surface area (Å²) in [6.07, 6.45) is 2.86. The van der Waals surface area contributed by atoms with Crippen molar-refractivity contribution in [3.05, 3.63) is 27.7 Å². The Balaban J connectivity index is 1.98. The number of rotatable bonds is 3. The molecule has 0 bridgehead atoms. The van der Waals surface area contributed by atoms with Gasteiger partial charge in [-0.05, 0) is 37.8 Å². The van der Waals surface area contributed by atoms with Gasteiger partial charge < -0.3 is 16.8 Å². The Morgan fingerprint density at radius 3 is 2.29 bits per heavy atom. The number of primary amides is 1. The van der Waals surface area contributed by atoms with E-state index in [1.807, 2.05) is 0 Å². The fraction of sp³-hybridized carbons (Fsp3) is 0.429. The van der Waals surface area contributed by atoms with E-state index in [1.54, 1.807) is 0 Å². The van der Waals surface area contributed by atoms with Gasteiger partial charge in [0.25, 0.3) is 5.91 Å². The summed E-state index contributed by atoms with van der Waals surface area (Å²) in [5, 5.41) is 3.42. The number of amides is 2. The summed E-state index contributed by atoms with van der Waals surface area (Å²) in [7, 11) is 0. The van der Waals surface area contributed by atoms with Crippen LogP contribution in [0.2, 0.25) is 10.0 Å². The second-order valence-electron chi connectivity index (χ2n) is 5.29. The van der Waals surface area contributed by atoms with Crippen molar-refractivity contribution in [2.24, 2.45) is 11.7 Å². The van der Waals surface area contributed by atoms with Gasteiger partial charge in [0.2, 0.25) is 5.91 Å². The molecule has 1 fully saturated rings. The summed E-state index contributed by atoms with van der Waals surface area (Å²) >= 11 is 11.8. The Morgan fingerprint density at radius 2 is 1.76 bits per heavy atom. The maximum Gasteiger partial charge on any atom is 0.251 e. The van der Waals surface area contributed by atoms with Gasteiger partial charge in [-0.15, -0.1) is 0 Å². The third-order valence-electron chi connectivity index (χ3n) is 3.78. The molecule has 0 heterocycles. The second kappa shape index (κ2) is 6.54. The summed E-state index contributed by atoms with van der Waals surface area (Å²) in [5.41, 5.74) is 11.6. The Labute approximate surface area is 133 Å². The molecule has 0 aromatic heterocycles. The molecule has 0 unspecified atom stereocenters. The van der Waals surface area contributed by atoms with Crippen LogP contribution in [0.5, 0.6) is 0 Å². The zero-order valence-electron chi connectivity index (χ0n) is 11.4. The molecule has 1 saturated carbocycles. The molecule has 5 nitrogen and oxygen atoms in total. The molecule has 0 aliphatic heterocycles. The van der Waals surface area contributed by atoms with Crippen molar-refractivity contribution in [1.29, 1.82) is 0 Å². The summed E-state index contributed by atoms with van der Waals surface area (Å²) in [6.45, 7) is 0. The highest BCUT2D eigenvalue weighted by molar-refractivity contribution is 6.43. The van der Waals surface area contributed by atoms with Crippen molar-refractivity contribution < 1.29 is 9.59 Å². The zero-order chi connectivity index (χ0) is 15.6. The Hall–Kier alpha value is -1.46. The fourth-order valence-corrected chi connectivity index (χ4v) is 2.87. The van der Waals surface area contributed by atoms with Crippen molar-refractivity contribution in [3.8, 4) is 0 Å². The van der Waals surface area contributed by atoms with E-state index >= 15 is 0 Å². The molecular formula is C14H17Cl2N3O2. The van der Waals surface area contributed by atoms with Crippen LogP contribution in [0.1, 0.15) is 36.0 Å². The van der Waals surface area contributed by atoms with Crippen LogP contribution in [-0.2, 0) is 4.79 Å². The predicted octanol–water partition coefficient (Wildman–Crippen LogP) is 2.35. The Kier molecular flexibility index (Phi) is 4.96. The lowest BCUT2D eigenvalue weighted by molar-refractivity contribution is -0.122. The number of carbonyl (C=O) groups excluding carboxylic acids is 2. The Morgan fingerprint density at radius 1 is 1.14 bits per heavy atom. The number of hydrogen-bond donors (Lipinski definition) is 3. The van der Waals surface area contributed by atoms with Crippen LogP contribution >= 0.6 is 23.2 Å². The van der Waals surface area contributed by atoms with E-state index in [4.69, 9.17) is 34.7 Å². The first-order chi connectivity index (χ1) is 9.88. The first-order valence-electron chi connectivity index (χ1n) is 6.73. The average molecular weight is 330 g/mol. The van der Waals surface area contributed by atoms with Crippen LogP contribution in [-0.4, -0.2) is 17.9 Å². The number of nitrogen functional groups attached to an aromatic ring is 1. The summed E-state index contributed by atoms with van der Waals surface area (Å²) < 4.78 is 0. The lowest BCUT2D eigenvalue weighted by atomic mass is 9.85. The molecule has 114 valence electrons. The first-order valence-corrected chi connectivity index (χ1v) is 7.48. The highest BCUT2D eigenvalue weighted by Crippen LogP contribution is 2.30. The number of halogens is 2. The van der Waals surface area contributed by atoms with Crippen molar-refractivity contribution in [1.82, 2.24) is 5.32 Å². The molecule has 0 saturated heterocycles. The van der Waals surface area contributed by atoms with Gasteiger partial charge >= 0.3 is 0 Å². The van der Waals surface area contributed by atoms with E-state index in [0.717, 1.165) is 12.8 Å². The molecule has 1 aromatic rings. The van der Waals surface area contributed by atoms with E-state index in [2.05, 4.69) is 5.32 Å². The van der Waals surface area contributed by atoms with Crippen molar-refractivity contribution in [2.45, 2.75) is 31.7 Å². The van der Waals surface area contributed by atoms with Gasteiger partial charge in [0.1, 0.15) is 0 Å². The minimum Gasteiger partial charge on any atom is -0.397 e. The van der Waals surface area contributed by atoms with E-state index in [0.29, 0.717) is 18.4 Å². The van der Waals surface area contributed by atoms with Gasteiger partial charge in [-0.2, -0.15) is 0 Å². The molecule has 5 N–H and O–H groups in total. The monoisotopic (exact) mass is 329 g/mol. The predicted molar refractivity (Wildman–Crippen MR) is 83.3 cm³/mol. The topological polar surface area (TPSA) is 98.2 Å². The summed E-state index contributed by atoms with van der Waals surface area (Å²) in [4.78, 5) is 23.3. The van der Waals surface area contributed by atoms with Gasteiger partial charge in [0, 0.05) is 17.5 Å². The highest BCUT2D eigenvalue weighted by atomic mass is 35.5. The van der Waals surface area contributed by atoms with Gasteiger partial charge in [-0.25, -0.2) is 0 Å². The molecular weight excluding hydrogens is 313 g/mol. The van der Waals surface area contributed by atoms with Gasteiger partial charge in [0.15, 0.2) is 0 Å². The summed E-state index contributed by atoms with van der Waals surface area (Å²) in [6, 6.07) is 3.02. The molecule has 2 amide bonds. The maximum absolute atomic E-state index is 12.2. The summed E-state index contributed by atoms with van der Waals surface area (Å²) in [5.74, 6) is -0.599. The van der Waals surface area contributed by atoms with Gasteiger partial charge in [-0.1, -0.05) is 23.2 Å². The third-order valence-corrected chi connectivity index (χ3v) is 4.60. The van der Waals surface area contributed by atoms with E-state index in [-0.39, 0.29) is 39.5 Å². The molecule has 1 aromatic carbocycles. The van der Waals surface area contributed by atoms with E-state index in [9.17, 15) is 9.59 Å². The minimum absolute atomic E-state index is 0.0313. The smallest absolute Gasteiger partial charge is 0.251 e. The largest absolute Gasteiger partial charge is 0.397 e. The van der Waals surface area contributed by atoms with E-state index < -0.39 is 0 Å². The quantitative estimate of drug-likeness (QED) is 0.742. The van der Waals surface area contributed by atoms with Crippen molar-refractivity contribution >= 4 is 40.7 Å². The van der Waals surface area contributed by atoms with Gasteiger partial charge in [0.05, 0.1) is 15.7 Å². The molecule has 0 radical (unpaired) electrons. The zero-order valence-corrected chi connectivity index (χ0v) is 12.9. The lowest BCUT2D eigenvalue weighted by Crippen LogP contribution is -2.39. The molecule has 7 heteroatoms. The number of hydrogen-bond acceptors (Lipinski definition) is 3. The van der Waals surface area contributed by atoms with Crippen LogP contribution in [0.4, 0.5) is 5.69 Å². The van der Waals surface area contributed by atoms with E-state index in [1.165, 1.54) is 12.1 Å². The van der Waals surface area contributed by atoms with Crippen LogP contribution in [0.3, 0.4) is 0 Å². The maximum atomic E-state index is 12.2. The standard InChI is InChI=1S/C14H17Cl2N3O2/c15-10-5-8(6-11(17)12(10)16)14(21)19-9-3-1-7(2-4-9)13(18)20/h5-7,9H,1-4,17H2,(H2,18,20)(H,19,21). The molecule has 1 aliphatic carbocycles. The van der Waals surface area contributed by atoms with Crippen molar-refractivity contribution in [3.63, 3.8) is 0 Å². The highest BCUT2D eigenvalue weighted by Gasteiger charge is 2.26. The number of benzene rings is 1. The molecule has 0 atom stereocenters. The van der Waals surface area contributed by atoms with Crippen LogP contribution < -0.4 is 16.8 Å². The number of carbonyl (C=O) groups is 2. The van der Waals surface area contributed by atoms with Crippen LogP contribution in [0, 0.1) is 5.92 Å². The number of nitrogens with one attached hydrogen (secondary N) is 1. The van der Waals surface area contributed by atoms with Gasteiger partial charge in [-0.3, -0.25) is 9.59 Å². The van der Waals surface area contributed by atoms with Crippen LogP contribution in [0.15, 0.2) is 12.1 Å². The van der Waals surface area contributed by atoms with Crippen molar-refractivity contribution in [2.75, 3.05) is 5.73 Å². The molecule has 21 heavy (non-hydrogen) atoms. The van der Waals surface area contributed by atoms with Crippen LogP contribution in [0.25, 0.3) is 0 Å². The average Bonchev–Trinajstić information content (AvgIpc) is 2.44. The first kappa shape index (κ1) is 15.9.